The fraction of sp³-hybridized carbons (Fsp3) is 0.611. The van der Waals surface area contributed by atoms with Crippen LogP contribution in [-0.2, 0) is 4.79 Å². The van der Waals surface area contributed by atoms with Crippen molar-refractivity contribution in [3.8, 4) is 5.75 Å². The van der Waals surface area contributed by atoms with E-state index in [1.54, 1.807) is 7.11 Å². The predicted molar refractivity (Wildman–Crippen MR) is 93.1 cm³/mol. The van der Waals surface area contributed by atoms with Crippen LogP contribution in [-0.4, -0.2) is 37.3 Å². The van der Waals surface area contributed by atoms with Gasteiger partial charge in [-0.25, -0.2) is 0 Å². The molecule has 1 atom stereocenters. The number of fused-ring (bicyclic) bond motifs is 1. The Hall–Kier alpha value is -1.75. The standard InChI is InChI=1S/C18H28N2O3/c1-5-10-20-15-12-13(23-4)7-8-14(15)19-16(17(20)22)18(2,3)9-6-11-21/h7-8,12,16,19,21H,5-6,9-11H2,1-4H3. The smallest absolute Gasteiger partial charge is 0.250 e. The van der Waals surface area contributed by atoms with Crippen LogP contribution in [0.1, 0.15) is 40.0 Å². The van der Waals surface area contributed by atoms with Crippen molar-refractivity contribution in [1.29, 1.82) is 0 Å². The Labute approximate surface area is 138 Å². The Bertz CT molecular complexity index is 557. The second kappa shape index (κ2) is 7.21. The third-order valence-corrected chi connectivity index (χ3v) is 4.52. The van der Waals surface area contributed by atoms with Crippen molar-refractivity contribution in [3.63, 3.8) is 0 Å². The van der Waals surface area contributed by atoms with Crippen LogP contribution in [0.25, 0.3) is 0 Å². The minimum absolute atomic E-state index is 0.0931. The number of carbonyl (C=O) groups is 1. The Kier molecular flexibility index (Phi) is 5.52. The monoisotopic (exact) mass is 320 g/mol. The Morgan fingerprint density at radius 2 is 2.13 bits per heavy atom. The molecule has 1 aliphatic rings. The van der Waals surface area contributed by atoms with Gasteiger partial charge in [0.25, 0.3) is 0 Å². The highest BCUT2D eigenvalue weighted by atomic mass is 16.5. The SMILES string of the molecule is CCCN1C(=O)C(C(C)(C)CCCO)Nc2ccc(OC)cc21. The van der Waals surface area contributed by atoms with Crippen LogP contribution in [0.4, 0.5) is 11.4 Å². The van der Waals surface area contributed by atoms with Crippen molar-refractivity contribution in [2.75, 3.05) is 30.5 Å². The average molecular weight is 320 g/mol. The van der Waals surface area contributed by atoms with Gasteiger partial charge in [0.15, 0.2) is 0 Å². The number of hydrogen-bond donors (Lipinski definition) is 2. The maximum Gasteiger partial charge on any atom is 0.250 e. The van der Waals surface area contributed by atoms with Crippen molar-refractivity contribution in [2.24, 2.45) is 5.41 Å². The summed E-state index contributed by atoms with van der Waals surface area (Å²) in [5.74, 6) is 0.841. The maximum absolute atomic E-state index is 13.0. The normalized spacial score (nSPS) is 17.7. The summed E-state index contributed by atoms with van der Waals surface area (Å²) in [6.07, 6.45) is 2.38. The Morgan fingerprint density at radius 3 is 2.74 bits per heavy atom. The summed E-state index contributed by atoms with van der Waals surface area (Å²) in [5.41, 5.74) is 1.61. The number of ether oxygens (including phenoxy) is 1. The second-order valence-corrected chi connectivity index (χ2v) is 6.77. The zero-order chi connectivity index (χ0) is 17.0. The highest BCUT2D eigenvalue weighted by molar-refractivity contribution is 6.05. The van der Waals surface area contributed by atoms with E-state index in [1.807, 2.05) is 23.1 Å². The lowest BCUT2D eigenvalue weighted by Crippen LogP contribution is -2.54. The summed E-state index contributed by atoms with van der Waals surface area (Å²) in [7, 11) is 1.63. The van der Waals surface area contributed by atoms with E-state index in [9.17, 15) is 4.79 Å². The first-order valence-corrected chi connectivity index (χ1v) is 8.31. The van der Waals surface area contributed by atoms with E-state index in [-0.39, 0.29) is 24.0 Å². The molecule has 0 bridgehead atoms. The number of aliphatic hydroxyl groups excluding tert-OH is 1. The van der Waals surface area contributed by atoms with Gasteiger partial charge in [-0.05, 0) is 36.8 Å². The molecule has 1 aromatic carbocycles. The molecule has 1 aliphatic heterocycles. The van der Waals surface area contributed by atoms with Crippen molar-refractivity contribution < 1.29 is 14.6 Å². The zero-order valence-corrected chi connectivity index (χ0v) is 14.6. The van der Waals surface area contributed by atoms with E-state index in [0.717, 1.165) is 30.0 Å². The fourth-order valence-electron chi connectivity index (χ4n) is 3.14. The molecule has 1 aromatic rings. The molecule has 23 heavy (non-hydrogen) atoms. The van der Waals surface area contributed by atoms with Crippen molar-refractivity contribution in [1.82, 2.24) is 0 Å². The van der Waals surface area contributed by atoms with Gasteiger partial charge in [-0.15, -0.1) is 0 Å². The van der Waals surface area contributed by atoms with Gasteiger partial charge < -0.3 is 20.1 Å². The number of nitrogens with zero attached hydrogens (tertiary/aromatic N) is 1. The van der Waals surface area contributed by atoms with Crippen LogP contribution in [0.15, 0.2) is 18.2 Å². The molecule has 2 N–H and O–H groups in total. The van der Waals surface area contributed by atoms with Crippen LogP contribution in [0.3, 0.4) is 0 Å². The Morgan fingerprint density at radius 1 is 1.39 bits per heavy atom. The molecular formula is C18H28N2O3. The number of benzene rings is 1. The first kappa shape index (κ1) is 17.6. The van der Waals surface area contributed by atoms with Crippen molar-refractivity contribution in [3.05, 3.63) is 18.2 Å². The molecule has 1 amide bonds. The van der Waals surface area contributed by atoms with Gasteiger partial charge >= 0.3 is 0 Å². The van der Waals surface area contributed by atoms with E-state index >= 15 is 0 Å². The van der Waals surface area contributed by atoms with Crippen molar-refractivity contribution >= 4 is 17.3 Å². The lowest BCUT2D eigenvalue weighted by Gasteiger charge is -2.42. The number of amides is 1. The second-order valence-electron chi connectivity index (χ2n) is 6.77. The third kappa shape index (κ3) is 3.61. The molecule has 1 heterocycles. The molecule has 5 heteroatoms. The zero-order valence-electron chi connectivity index (χ0n) is 14.6. The van der Waals surface area contributed by atoms with Crippen LogP contribution >= 0.6 is 0 Å². The van der Waals surface area contributed by atoms with Gasteiger partial charge in [0.2, 0.25) is 5.91 Å². The highest BCUT2D eigenvalue weighted by Crippen LogP contribution is 2.40. The van der Waals surface area contributed by atoms with Crippen molar-refractivity contribution in [2.45, 2.75) is 46.1 Å². The van der Waals surface area contributed by atoms with E-state index in [4.69, 9.17) is 9.84 Å². The summed E-state index contributed by atoms with van der Waals surface area (Å²) in [6.45, 7) is 7.07. The van der Waals surface area contributed by atoms with Gasteiger partial charge in [-0.2, -0.15) is 0 Å². The minimum Gasteiger partial charge on any atom is -0.497 e. The van der Waals surface area contributed by atoms with Crippen LogP contribution < -0.4 is 15.0 Å². The molecule has 128 valence electrons. The summed E-state index contributed by atoms with van der Waals surface area (Å²) in [6, 6.07) is 5.50. The Balaban J connectivity index is 2.37. The minimum atomic E-state index is -0.290. The largest absolute Gasteiger partial charge is 0.497 e. The molecule has 2 rings (SSSR count). The van der Waals surface area contributed by atoms with E-state index in [0.29, 0.717) is 13.0 Å². The summed E-state index contributed by atoms with van der Waals surface area (Å²) < 4.78 is 5.30. The number of nitrogens with one attached hydrogen (secondary N) is 1. The molecule has 0 spiro atoms. The molecule has 0 aliphatic carbocycles. The molecule has 0 fully saturated rings. The van der Waals surface area contributed by atoms with Gasteiger partial charge in [0.1, 0.15) is 11.8 Å². The van der Waals surface area contributed by atoms with Gasteiger partial charge in [-0.3, -0.25) is 4.79 Å². The molecular weight excluding hydrogens is 292 g/mol. The number of rotatable bonds is 7. The van der Waals surface area contributed by atoms with Crippen LogP contribution in [0, 0.1) is 5.41 Å². The van der Waals surface area contributed by atoms with Crippen LogP contribution in [0.5, 0.6) is 5.75 Å². The first-order valence-electron chi connectivity index (χ1n) is 8.31. The molecule has 0 aromatic heterocycles. The lowest BCUT2D eigenvalue weighted by molar-refractivity contribution is -0.122. The highest BCUT2D eigenvalue weighted by Gasteiger charge is 2.41. The number of hydrogen-bond acceptors (Lipinski definition) is 4. The molecule has 0 saturated heterocycles. The molecule has 5 nitrogen and oxygen atoms in total. The maximum atomic E-state index is 13.0. The van der Waals surface area contributed by atoms with Gasteiger partial charge in [0.05, 0.1) is 18.5 Å². The van der Waals surface area contributed by atoms with E-state index < -0.39 is 0 Å². The van der Waals surface area contributed by atoms with Crippen LogP contribution in [0.2, 0.25) is 0 Å². The van der Waals surface area contributed by atoms with E-state index in [2.05, 4.69) is 26.1 Å². The van der Waals surface area contributed by atoms with Gasteiger partial charge in [-0.1, -0.05) is 20.8 Å². The first-order chi connectivity index (χ1) is 10.9. The summed E-state index contributed by atoms with van der Waals surface area (Å²) in [4.78, 5) is 14.9. The lowest BCUT2D eigenvalue weighted by atomic mass is 9.78. The van der Waals surface area contributed by atoms with Gasteiger partial charge in [0, 0.05) is 19.2 Å². The number of anilines is 2. The fourth-order valence-corrected chi connectivity index (χ4v) is 3.14. The number of carbonyl (C=O) groups excluding carboxylic acids is 1. The predicted octanol–water partition coefficient (Wildman–Crippen LogP) is 3.03. The molecule has 0 saturated carbocycles. The third-order valence-electron chi connectivity index (χ3n) is 4.52. The molecule has 0 radical (unpaired) electrons. The quantitative estimate of drug-likeness (QED) is 0.810. The average Bonchev–Trinajstić information content (AvgIpc) is 2.54. The summed E-state index contributed by atoms with van der Waals surface area (Å²) in [5, 5.41) is 12.5. The topological polar surface area (TPSA) is 61.8 Å². The summed E-state index contributed by atoms with van der Waals surface area (Å²) >= 11 is 0. The van der Waals surface area contributed by atoms with E-state index in [1.165, 1.54) is 0 Å². The number of methoxy groups -OCH3 is 1. The molecule has 1 unspecified atom stereocenters. The number of aliphatic hydroxyl groups is 1.